The molecule has 2 bridgehead atoms. The lowest BCUT2D eigenvalue weighted by atomic mass is 9.71. The number of carbonyl (C=O) groups excluding carboxylic acids is 2. The van der Waals surface area contributed by atoms with Crippen LogP contribution >= 0.6 is 0 Å². The molecule has 0 spiro atoms. The van der Waals surface area contributed by atoms with Crippen molar-refractivity contribution in [3.8, 4) is 0 Å². The zero-order chi connectivity index (χ0) is 15.6. The Morgan fingerprint density at radius 3 is 2.71 bits per heavy atom. The van der Waals surface area contributed by atoms with Crippen LogP contribution in [0.2, 0.25) is 0 Å². The van der Waals surface area contributed by atoms with E-state index < -0.39 is 35.1 Å². The first-order chi connectivity index (χ1) is 9.95. The average molecular weight is 291 g/mol. The molecular formula is C15H17NO5. The second-order valence-electron chi connectivity index (χ2n) is 5.39. The Balaban J connectivity index is 2.23. The van der Waals surface area contributed by atoms with Crippen molar-refractivity contribution in [1.82, 2.24) is 5.48 Å². The van der Waals surface area contributed by atoms with E-state index in [2.05, 4.69) is 18.0 Å². The van der Waals surface area contributed by atoms with Crippen LogP contribution in [-0.4, -0.2) is 23.0 Å². The molecule has 0 saturated heterocycles. The molecule has 0 aromatic rings. The van der Waals surface area contributed by atoms with E-state index in [9.17, 15) is 19.5 Å². The van der Waals surface area contributed by atoms with Crippen molar-refractivity contribution in [2.45, 2.75) is 12.8 Å². The average Bonchev–Trinajstić information content (AvgIpc) is 2.99. The van der Waals surface area contributed by atoms with Gasteiger partial charge in [-0.25, -0.2) is 4.79 Å². The Morgan fingerprint density at radius 1 is 1.43 bits per heavy atom. The molecule has 2 aliphatic carbocycles. The monoisotopic (exact) mass is 291 g/mol. The van der Waals surface area contributed by atoms with E-state index in [1.807, 2.05) is 17.6 Å². The van der Waals surface area contributed by atoms with Gasteiger partial charge in [0, 0.05) is 11.5 Å². The van der Waals surface area contributed by atoms with Gasteiger partial charge in [0.1, 0.15) is 0 Å². The fraction of sp³-hybridized carbons (Fsp3) is 0.400. The van der Waals surface area contributed by atoms with Gasteiger partial charge in [-0.1, -0.05) is 24.8 Å². The largest absolute Gasteiger partial charge is 0.481 e. The third kappa shape index (κ3) is 2.49. The first-order valence-electron chi connectivity index (χ1n) is 6.61. The van der Waals surface area contributed by atoms with Crippen LogP contribution in [0.1, 0.15) is 12.8 Å². The summed E-state index contributed by atoms with van der Waals surface area (Å²) >= 11 is 0. The number of aliphatic carboxylic acids is 1. The highest BCUT2D eigenvalue weighted by Crippen LogP contribution is 2.58. The van der Waals surface area contributed by atoms with Crippen LogP contribution in [0.5, 0.6) is 0 Å². The first kappa shape index (κ1) is 15.0. The number of hydroxylamine groups is 1. The number of carbonyl (C=O) groups is 3. The zero-order valence-corrected chi connectivity index (χ0v) is 11.5. The van der Waals surface area contributed by atoms with Gasteiger partial charge in [-0.05, 0) is 18.8 Å². The maximum absolute atomic E-state index is 12.3. The quantitative estimate of drug-likeness (QED) is 0.451. The molecule has 112 valence electrons. The highest BCUT2D eigenvalue weighted by molar-refractivity contribution is 5.89. The van der Waals surface area contributed by atoms with Gasteiger partial charge in [0.05, 0.1) is 11.8 Å². The Kier molecular flexibility index (Phi) is 3.97. The summed E-state index contributed by atoms with van der Waals surface area (Å²) in [5.74, 6) is -4.23. The van der Waals surface area contributed by atoms with Crippen LogP contribution in [0.25, 0.3) is 0 Å². The molecule has 4 unspecified atom stereocenters. The number of nitrogens with one attached hydrogen (secondary N) is 1. The van der Waals surface area contributed by atoms with Crippen molar-refractivity contribution < 1.29 is 24.3 Å². The second kappa shape index (κ2) is 5.55. The van der Waals surface area contributed by atoms with E-state index in [0.29, 0.717) is 12.8 Å². The predicted octanol–water partition coefficient (Wildman–Crippen LogP) is 1.22. The van der Waals surface area contributed by atoms with Crippen LogP contribution < -0.4 is 5.48 Å². The smallest absolute Gasteiger partial charge is 0.355 e. The molecule has 0 aromatic carbocycles. The van der Waals surface area contributed by atoms with Crippen molar-refractivity contribution >= 4 is 17.8 Å². The molecule has 2 N–H and O–H groups in total. The van der Waals surface area contributed by atoms with Crippen LogP contribution in [0.3, 0.4) is 0 Å². The van der Waals surface area contributed by atoms with Gasteiger partial charge in [0.2, 0.25) is 0 Å². The van der Waals surface area contributed by atoms with Gasteiger partial charge in [0.25, 0.3) is 5.91 Å². The fourth-order valence-electron chi connectivity index (χ4n) is 3.47. The van der Waals surface area contributed by atoms with Gasteiger partial charge in [0.15, 0.2) is 0 Å². The van der Waals surface area contributed by atoms with Gasteiger partial charge in [-0.15, -0.1) is 6.58 Å². The maximum Gasteiger partial charge on any atom is 0.355 e. The number of hydrogen-bond acceptors (Lipinski definition) is 4. The van der Waals surface area contributed by atoms with Crippen molar-refractivity contribution in [1.29, 1.82) is 0 Å². The van der Waals surface area contributed by atoms with Gasteiger partial charge in [-0.3, -0.25) is 9.59 Å². The lowest BCUT2D eigenvalue weighted by molar-refractivity contribution is -0.160. The number of rotatable bonds is 5. The summed E-state index contributed by atoms with van der Waals surface area (Å²) in [6.45, 7) is 6.89. The minimum Gasteiger partial charge on any atom is -0.481 e. The molecule has 0 radical (unpaired) electrons. The molecule has 0 aliphatic heterocycles. The first-order valence-corrected chi connectivity index (χ1v) is 6.61. The highest BCUT2D eigenvalue weighted by atomic mass is 16.7. The van der Waals surface area contributed by atoms with Crippen LogP contribution in [0, 0.1) is 23.2 Å². The Morgan fingerprint density at radius 2 is 2.14 bits per heavy atom. The number of allylic oxidation sites excluding steroid dienone is 3. The van der Waals surface area contributed by atoms with Gasteiger partial charge >= 0.3 is 11.9 Å². The van der Waals surface area contributed by atoms with Gasteiger partial charge < -0.3 is 9.94 Å². The van der Waals surface area contributed by atoms with Crippen LogP contribution in [0.4, 0.5) is 0 Å². The molecule has 0 heterocycles. The van der Waals surface area contributed by atoms with Crippen molar-refractivity contribution in [2.75, 3.05) is 0 Å². The third-order valence-corrected chi connectivity index (χ3v) is 4.24. The number of carboxylic acid groups (broad SMARTS) is 1. The third-order valence-electron chi connectivity index (χ3n) is 4.24. The molecule has 1 saturated carbocycles. The van der Waals surface area contributed by atoms with Crippen molar-refractivity contribution in [3.05, 3.63) is 37.5 Å². The van der Waals surface area contributed by atoms with E-state index in [-0.39, 0.29) is 5.92 Å². The maximum atomic E-state index is 12.3. The van der Waals surface area contributed by atoms with E-state index >= 15 is 0 Å². The summed E-state index contributed by atoms with van der Waals surface area (Å²) in [4.78, 5) is 39.3. The molecule has 2 rings (SSSR count). The van der Waals surface area contributed by atoms with E-state index in [4.69, 9.17) is 0 Å². The van der Waals surface area contributed by atoms with Crippen molar-refractivity contribution in [2.24, 2.45) is 23.2 Å². The minimum atomic E-state index is -1.02. The predicted molar refractivity (Wildman–Crippen MR) is 73.5 cm³/mol. The molecule has 0 aromatic heterocycles. The Hall–Kier alpha value is -2.37. The normalized spacial score (nSPS) is 32.5. The molecular weight excluding hydrogens is 274 g/mol. The zero-order valence-electron chi connectivity index (χ0n) is 11.5. The topological polar surface area (TPSA) is 92.7 Å². The van der Waals surface area contributed by atoms with E-state index in [0.717, 1.165) is 6.08 Å². The van der Waals surface area contributed by atoms with E-state index in [1.165, 1.54) is 0 Å². The number of amides is 1. The Bertz CT molecular complexity index is 538. The number of fused-ring (bicyclic) bond motifs is 2. The lowest BCUT2D eigenvalue weighted by Gasteiger charge is -2.32. The molecule has 1 amide bonds. The summed E-state index contributed by atoms with van der Waals surface area (Å²) in [6.07, 6.45) is 7.41. The molecule has 6 nitrogen and oxygen atoms in total. The number of carboxylic acids is 1. The summed E-state index contributed by atoms with van der Waals surface area (Å²) in [5, 5.41) is 9.40. The summed E-state index contributed by atoms with van der Waals surface area (Å²) in [7, 11) is 0. The molecule has 2 aliphatic rings. The summed E-state index contributed by atoms with van der Waals surface area (Å²) in [5.41, 5.74) is 1.47. The molecule has 21 heavy (non-hydrogen) atoms. The van der Waals surface area contributed by atoms with Crippen LogP contribution in [0.15, 0.2) is 37.5 Å². The number of hydrogen-bond donors (Lipinski definition) is 2. The molecule has 4 atom stereocenters. The molecule has 6 heteroatoms. The van der Waals surface area contributed by atoms with Crippen LogP contribution in [-0.2, 0) is 19.2 Å². The minimum absolute atomic E-state index is 0.187. The van der Waals surface area contributed by atoms with Gasteiger partial charge in [-0.2, -0.15) is 5.48 Å². The SMILES string of the molecule is C=CCC12C=CC(C1)C(C(=O)O)C2C(=O)NOC(=O)C=C. The second-order valence-corrected chi connectivity index (χ2v) is 5.39. The summed E-state index contributed by atoms with van der Waals surface area (Å²) in [6, 6.07) is 0. The highest BCUT2D eigenvalue weighted by Gasteiger charge is 2.59. The summed E-state index contributed by atoms with van der Waals surface area (Å²) < 4.78 is 0. The Labute approximate surface area is 122 Å². The van der Waals surface area contributed by atoms with E-state index in [1.54, 1.807) is 6.08 Å². The lowest BCUT2D eigenvalue weighted by Crippen LogP contribution is -2.44. The van der Waals surface area contributed by atoms with Crippen molar-refractivity contribution in [3.63, 3.8) is 0 Å². The molecule has 1 fully saturated rings. The standard InChI is InChI=1S/C15H17NO5/c1-3-6-15-7-5-9(8-15)11(14(19)20)12(15)13(18)16-21-10(17)4-2/h3-5,7,9,11-12H,1-2,6,8H2,(H,16,18)(H,19,20). The fourth-order valence-corrected chi connectivity index (χ4v) is 3.47.